The van der Waals surface area contributed by atoms with E-state index in [1.807, 2.05) is 12.3 Å². The maximum absolute atomic E-state index is 4.54. The number of anilines is 1. The highest BCUT2D eigenvalue weighted by atomic mass is 79.9. The number of rotatable bonds is 3. The first-order chi connectivity index (χ1) is 9.28. The molecule has 0 spiro atoms. The molecule has 1 aliphatic rings. The molecule has 3 rings (SSSR count). The lowest BCUT2D eigenvalue weighted by atomic mass is 10.1. The Morgan fingerprint density at radius 1 is 1.37 bits per heavy atom. The predicted molar refractivity (Wildman–Crippen MR) is 82.4 cm³/mol. The molecule has 0 saturated heterocycles. The Labute approximate surface area is 122 Å². The van der Waals surface area contributed by atoms with Gasteiger partial charge in [0, 0.05) is 16.4 Å². The Kier molecular flexibility index (Phi) is 3.56. The third-order valence-electron chi connectivity index (χ3n) is 3.74. The average Bonchev–Trinajstić information content (AvgIpc) is 2.84. The van der Waals surface area contributed by atoms with E-state index >= 15 is 0 Å². The molecule has 1 heterocycles. The molecular weight excluding hydrogens is 300 g/mol. The van der Waals surface area contributed by atoms with Crippen LogP contribution in [0.2, 0.25) is 0 Å². The highest BCUT2D eigenvalue weighted by Gasteiger charge is 2.23. The third-order valence-corrected chi connectivity index (χ3v) is 4.23. The summed E-state index contributed by atoms with van der Waals surface area (Å²) >= 11 is 3.54. The molecule has 0 saturated carbocycles. The summed E-state index contributed by atoms with van der Waals surface area (Å²) in [6, 6.07) is 11.0. The Bertz CT molecular complexity index is 595. The number of hydrogen-bond donors (Lipinski definition) is 1. The topological polar surface area (TPSA) is 24.9 Å². The number of halogens is 1. The fourth-order valence-corrected chi connectivity index (χ4v) is 3.14. The minimum absolute atomic E-state index is 0.350. The molecular formula is C16H17BrN2. The van der Waals surface area contributed by atoms with Crippen molar-refractivity contribution in [1.82, 2.24) is 4.98 Å². The van der Waals surface area contributed by atoms with Crippen molar-refractivity contribution in [3.05, 3.63) is 57.8 Å². The highest BCUT2D eigenvalue weighted by molar-refractivity contribution is 9.10. The van der Waals surface area contributed by atoms with Gasteiger partial charge in [-0.3, -0.25) is 4.98 Å². The quantitative estimate of drug-likeness (QED) is 0.901. The van der Waals surface area contributed by atoms with Crippen LogP contribution < -0.4 is 5.32 Å². The summed E-state index contributed by atoms with van der Waals surface area (Å²) < 4.78 is 1.14. The van der Waals surface area contributed by atoms with Gasteiger partial charge in [-0.2, -0.15) is 0 Å². The number of nitrogens with one attached hydrogen (secondary N) is 1. The molecule has 19 heavy (non-hydrogen) atoms. The van der Waals surface area contributed by atoms with E-state index < -0.39 is 0 Å². The van der Waals surface area contributed by atoms with Crippen LogP contribution in [0.1, 0.15) is 36.2 Å². The van der Waals surface area contributed by atoms with Gasteiger partial charge in [0.25, 0.3) is 0 Å². The van der Waals surface area contributed by atoms with E-state index in [2.05, 4.69) is 57.4 Å². The summed E-state index contributed by atoms with van der Waals surface area (Å²) in [4.78, 5) is 4.54. The van der Waals surface area contributed by atoms with Gasteiger partial charge in [0.05, 0.1) is 11.7 Å². The van der Waals surface area contributed by atoms with Crippen molar-refractivity contribution in [2.75, 3.05) is 5.32 Å². The second-order valence-electron chi connectivity index (χ2n) is 4.94. The second-order valence-corrected chi connectivity index (χ2v) is 5.85. The summed E-state index contributed by atoms with van der Waals surface area (Å²) in [5.74, 6) is 0. The number of hydrogen-bond acceptors (Lipinski definition) is 2. The molecule has 98 valence electrons. The van der Waals surface area contributed by atoms with Crippen molar-refractivity contribution in [2.24, 2.45) is 0 Å². The number of nitrogens with zero attached hydrogens (tertiary/aromatic N) is 1. The summed E-state index contributed by atoms with van der Waals surface area (Å²) in [5, 5.41) is 3.66. The molecule has 1 atom stereocenters. The van der Waals surface area contributed by atoms with E-state index in [4.69, 9.17) is 0 Å². The largest absolute Gasteiger partial charge is 0.376 e. The van der Waals surface area contributed by atoms with Gasteiger partial charge < -0.3 is 5.32 Å². The van der Waals surface area contributed by atoms with Gasteiger partial charge in [-0.05, 0) is 54.7 Å². The lowest BCUT2D eigenvalue weighted by molar-refractivity contribution is 0.744. The normalized spacial score (nSPS) is 17.3. The van der Waals surface area contributed by atoms with Crippen LogP contribution >= 0.6 is 15.9 Å². The van der Waals surface area contributed by atoms with Crippen LogP contribution in [0.5, 0.6) is 0 Å². The second kappa shape index (κ2) is 5.33. The van der Waals surface area contributed by atoms with E-state index in [1.165, 1.54) is 22.5 Å². The van der Waals surface area contributed by atoms with Crippen LogP contribution in [-0.4, -0.2) is 4.98 Å². The fourth-order valence-electron chi connectivity index (χ4n) is 2.74. The molecule has 1 N–H and O–H groups in total. The van der Waals surface area contributed by atoms with Gasteiger partial charge in [0.2, 0.25) is 0 Å². The average molecular weight is 317 g/mol. The van der Waals surface area contributed by atoms with Gasteiger partial charge in [-0.15, -0.1) is 0 Å². The maximum Gasteiger partial charge on any atom is 0.0691 e. The first-order valence-corrected chi connectivity index (χ1v) is 7.56. The Morgan fingerprint density at radius 2 is 2.26 bits per heavy atom. The Hall–Kier alpha value is -1.35. The summed E-state index contributed by atoms with van der Waals surface area (Å²) in [7, 11) is 0. The maximum atomic E-state index is 4.54. The van der Waals surface area contributed by atoms with Crippen molar-refractivity contribution in [2.45, 2.75) is 32.2 Å². The molecule has 0 bridgehead atoms. The molecule has 0 aliphatic heterocycles. The minimum atomic E-state index is 0.350. The van der Waals surface area contributed by atoms with Crippen LogP contribution in [0.3, 0.4) is 0 Å². The first-order valence-electron chi connectivity index (χ1n) is 6.76. The van der Waals surface area contributed by atoms with Crippen molar-refractivity contribution in [3.63, 3.8) is 0 Å². The van der Waals surface area contributed by atoms with Crippen molar-refractivity contribution in [1.29, 1.82) is 0 Å². The lowest BCUT2D eigenvalue weighted by Gasteiger charge is -2.17. The molecule has 2 nitrogen and oxygen atoms in total. The molecule has 2 aromatic rings. The highest BCUT2D eigenvalue weighted by Crippen LogP contribution is 2.33. The van der Waals surface area contributed by atoms with Gasteiger partial charge in [-0.25, -0.2) is 0 Å². The van der Waals surface area contributed by atoms with Gasteiger partial charge in [0.15, 0.2) is 0 Å². The molecule has 1 unspecified atom stereocenters. The monoisotopic (exact) mass is 316 g/mol. The zero-order valence-corrected chi connectivity index (χ0v) is 12.6. The molecule has 1 aromatic heterocycles. The summed E-state index contributed by atoms with van der Waals surface area (Å²) in [6.07, 6.45) is 5.18. The van der Waals surface area contributed by atoms with E-state index in [0.29, 0.717) is 6.04 Å². The van der Waals surface area contributed by atoms with Gasteiger partial charge >= 0.3 is 0 Å². The van der Waals surface area contributed by atoms with E-state index in [-0.39, 0.29) is 0 Å². The predicted octanol–water partition coefficient (Wildman–Crippen LogP) is 4.51. The van der Waals surface area contributed by atoms with E-state index in [9.17, 15) is 0 Å². The zero-order chi connectivity index (χ0) is 13.2. The minimum Gasteiger partial charge on any atom is -0.376 e. The Balaban J connectivity index is 1.87. The molecule has 3 heteroatoms. The van der Waals surface area contributed by atoms with E-state index in [1.54, 1.807) is 0 Å². The van der Waals surface area contributed by atoms with E-state index in [0.717, 1.165) is 23.7 Å². The SMILES string of the molecule is CCc1cc(Br)ccc1NC1CCc2cccnc21. The number of fused-ring (bicyclic) bond motifs is 1. The molecule has 0 radical (unpaired) electrons. The Morgan fingerprint density at radius 3 is 3.11 bits per heavy atom. The summed E-state index contributed by atoms with van der Waals surface area (Å²) in [6.45, 7) is 2.19. The lowest BCUT2D eigenvalue weighted by Crippen LogP contribution is -2.10. The number of benzene rings is 1. The standard InChI is InChI=1S/C16H17BrN2/c1-2-11-10-13(17)6-8-14(11)19-15-7-5-12-4-3-9-18-16(12)15/h3-4,6,8-10,15,19H,2,5,7H2,1H3. The summed E-state index contributed by atoms with van der Waals surface area (Å²) in [5.41, 5.74) is 5.18. The van der Waals surface area contributed by atoms with Crippen LogP contribution in [0.4, 0.5) is 5.69 Å². The molecule has 0 amide bonds. The van der Waals surface area contributed by atoms with Crippen LogP contribution in [0.25, 0.3) is 0 Å². The molecule has 1 aromatic carbocycles. The van der Waals surface area contributed by atoms with Crippen molar-refractivity contribution in [3.8, 4) is 0 Å². The number of pyridine rings is 1. The van der Waals surface area contributed by atoms with Crippen LogP contribution in [-0.2, 0) is 12.8 Å². The zero-order valence-electron chi connectivity index (χ0n) is 11.0. The van der Waals surface area contributed by atoms with Gasteiger partial charge in [-0.1, -0.05) is 28.9 Å². The first kappa shape index (κ1) is 12.7. The molecule has 1 aliphatic carbocycles. The van der Waals surface area contributed by atoms with Gasteiger partial charge in [0.1, 0.15) is 0 Å². The number of aryl methyl sites for hydroxylation is 2. The van der Waals surface area contributed by atoms with Crippen LogP contribution in [0, 0.1) is 0 Å². The fraction of sp³-hybridized carbons (Fsp3) is 0.312. The van der Waals surface area contributed by atoms with Crippen molar-refractivity contribution >= 4 is 21.6 Å². The van der Waals surface area contributed by atoms with Crippen LogP contribution in [0.15, 0.2) is 41.0 Å². The molecule has 0 fully saturated rings. The smallest absolute Gasteiger partial charge is 0.0691 e. The number of aromatic nitrogens is 1. The third kappa shape index (κ3) is 2.52. The van der Waals surface area contributed by atoms with Crippen molar-refractivity contribution < 1.29 is 0 Å².